The van der Waals surface area contributed by atoms with Gasteiger partial charge in [0, 0.05) is 38.4 Å². The first-order valence-electron chi connectivity index (χ1n) is 11.2. The van der Waals surface area contributed by atoms with Gasteiger partial charge in [0.05, 0.1) is 26.7 Å². The standard InChI is InChI=1S/C19H30N2O2.C7H8.Y/c1-6-21(10-8-7-9-11-21)16(4)19(22)20-18-14(2)12-17(23-5)13-15(18)3;1-7-5-3-2-4-6-7;/h12-13,16H,6-11H2,1-5H3;2-6H,1H3;/p+1. The van der Waals surface area contributed by atoms with Crippen molar-refractivity contribution in [3.63, 3.8) is 0 Å². The Morgan fingerprint density at radius 2 is 1.58 bits per heavy atom. The van der Waals surface area contributed by atoms with E-state index >= 15 is 0 Å². The fourth-order valence-corrected chi connectivity index (χ4v) is 4.37. The maximum absolute atomic E-state index is 12.9. The van der Waals surface area contributed by atoms with Gasteiger partial charge in [0.25, 0.3) is 5.91 Å². The molecule has 1 fully saturated rings. The zero-order valence-corrected chi connectivity index (χ0v) is 23.0. The van der Waals surface area contributed by atoms with Crippen LogP contribution in [0.2, 0.25) is 0 Å². The summed E-state index contributed by atoms with van der Waals surface area (Å²) in [6.45, 7) is 13.7. The third-order valence-corrected chi connectivity index (χ3v) is 6.47. The molecule has 167 valence electrons. The number of hydrogen-bond acceptors (Lipinski definition) is 2. The number of nitrogens with one attached hydrogen (secondary N) is 1. The molecule has 1 atom stereocenters. The normalized spacial score (nSPS) is 15.5. The molecule has 1 N–H and O–H groups in total. The van der Waals surface area contributed by atoms with Crippen LogP contribution in [-0.2, 0) is 37.5 Å². The summed E-state index contributed by atoms with van der Waals surface area (Å²) in [5.41, 5.74) is 4.34. The molecule has 0 spiro atoms. The molecule has 5 heteroatoms. The zero-order valence-electron chi connectivity index (χ0n) is 20.2. The average molecular weight is 501 g/mol. The number of piperidine rings is 1. The van der Waals surface area contributed by atoms with Gasteiger partial charge >= 0.3 is 0 Å². The number of aryl methyl sites for hydroxylation is 3. The van der Waals surface area contributed by atoms with Crippen LogP contribution < -0.4 is 10.1 Å². The number of methoxy groups -OCH3 is 1. The van der Waals surface area contributed by atoms with E-state index in [1.807, 2.05) is 44.2 Å². The van der Waals surface area contributed by atoms with Gasteiger partial charge in [-0.15, -0.1) is 0 Å². The second-order valence-corrected chi connectivity index (χ2v) is 8.50. The Morgan fingerprint density at radius 3 is 2.00 bits per heavy atom. The molecule has 1 saturated heterocycles. The van der Waals surface area contributed by atoms with Crippen molar-refractivity contribution in [1.29, 1.82) is 0 Å². The number of likely N-dealkylation sites (N-methyl/N-ethyl adjacent to an activating group) is 1. The van der Waals surface area contributed by atoms with Crippen LogP contribution in [0.5, 0.6) is 5.75 Å². The van der Waals surface area contributed by atoms with E-state index < -0.39 is 0 Å². The minimum Gasteiger partial charge on any atom is -0.497 e. The summed E-state index contributed by atoms with van der Waals surface area (Å²) in [5, 5.41) is 3.18. The number of ether oxygens (including phenoxy) is 1. The second kappa shape index (κ2) is 13.4. The number of hydrogen-bond donors (Lipinski definition) is 1. The Balaban J connectivity index is 0.000000510. The number of carbonyl (C=O) groups excluding carboxylic acids is 1. The molecule has 1 unspecified atom stereocenters. The predicted molar refractivity (Wildman–Crippen MR) is 126 cm³/mol. The van der Waals surface area contributed by atoms with Crippen LogP contribution in [0, 0.1) is 20.8 Å². The van der Waals surface area contributed by atoms with Gasteiger partial charge in [-0.1, -0.05) is 35.9 Å². The minimum absolute atomic E-state index is 0. The summed E-state index contributed by atoms with van der Waals surface area (Å²) in [6.07, 6.45) is 3.75. The number of quaternary nitrogens is 1. The van der Waals surface area contributed by atoms with Gasteiger partial charge in [0.1, 0.15) is 5.75 Å². The molecule has 0 aromatic heterocycles. The molecular weight excluding hydrogens is 461 g/mol. The van der Waals surface area contributed by atoms with Crippen LogP contribution in [0.3, 0.4) is 0 Å². The third kappa shape index (κ3) is 7.69. The summed E-state index contributed by atoms with van der Waals surface area (Å²) < 4.78 is 6.21. The second-order valence-electron chi connectivity index (χ2n) is 8.50. The molecular formula is C26H39N2O2Y+. The van der Waals surface area contributed by atoms with Crippen molar-refractivity contribution in [3.05, 3.63) is 59.2 Å². The van der Waals surface area contributed by atoms with E-state index in [0.717, 1.165) is 46.7 Å². The van der Waals surface area contributed by atoms with Crippen LogP contribution >= 0.6 is 0 Å². The Hall–Kier alpha value is -1.23. The molecule has 1 aliphatic heterocycles. The molecule has 31 heavy (non-hydrogen) atoms. The van der Waals surface area contributed by atoms with E-state index in [-0.39, 0.29) is 44.7 Å². The number of anilines is 1. The molecule has 0 bridgehead atoms. The molecule has 4 nitrogen and oxygen atoms in total. The largest absolute Gasteiger partial charge is 0.497 e. The third-order valence-electron chi connectivity index (χ3n) is 6.47. The number of amides is 1. The van der Waals surface area contributed by atoms with E-state index in [9.17, 15) is 4.79 Å². The van der Waals surface area contributed by atoms with Crippen LogP contribution in [-0.4, -0.2) is 43.2 Å². The zero-order chi connectivity index (χ0) is 22.1. The van der Waals surface area contributed by atoms with Crippen LogP contribution in [0.15, 0.2) is 42.5 Å². The summed E-state index contributed by atoms with van der Waals surface area (Å²) in [4.78, 5) is 12.9. The molecule has 1 heterocycles. The fraction of sp³-hybridized carbons (Fsp3) is 0.500. The first-order chi connectivity index (χ1) is 14.3. The summed E-state index contributed by atoms with van der Waals surface area (Å²) in [7, 11) is 1.67. The van der Waals surface area contributed by atoms with Crippen LogP contribution in [0.1, 0.15) is 49.8 Å². The van der Waals surface area contributed by atoms with Gasteiger partial charge in [0.15, 0.2) is 6.04 Å². The quantitative estimate of drug-likeness (QED) is 0.539. The number of likely N-dealkylation sites (tertiary alicyclic amines) is 1. The predicted octanol–water partition coefficient (Wildman–Crippen LogP) is 5.65. The smallest absolute Gasteiger partial charge is 0.282 e. The van der Waals surface area contributed by atoms with Crippen LogP contribution in [0.25, 0.3) is 0 Å². The van der Waals surface area contributed by atoms with E-state index in [2.05, 4.69) is 38.2 Å². The van der Waals surface area contributed by atoms with E-state index in [4.69, 9.17) is 4.74 Å². The average Bonchev–Trinajstić information content (AvgIpc) is 2.76. The van der Waals surface area contributed by atoms with E-state index in [0.29, 0.717) is 0 Å². The van der Waals surface area contributed by atoms with Gasteiger partial charge in [-0.2, -0.15) is 0 Å². The van der Waals surface area contributed by atoms with Gasteiger partial charge < -0.3 is 14.5 Å². The molecule has 2 aromatic carbocycles. The molecule has 1 aliphatic rings. The maximum atomic E-state index is 12.9. The SMILES string of the molecule is CC[N+]1(C(C)C(=O)Nc2c(C)cc(OC)cc2C)CCCCC1.Cc1ccccc1.[Y]. The van der Waals surface area contributed by atoms with Crippen molar-refractivity contribution in [2.75, 3.05) is 32.1 Å². The van der Waals surface area contributed by atoms with Gasteiger partial charge in [-0.25, -0.2) is 0 Å². The molecule has 3 rings (SSSR count). The maximum Gasteiger partial charge on any atom is 0.282 e. The van der Waals surface area contributed by atoms with Gasteiger partial charge in [0.2, 0.25) is 0 Å². The molecule has 0 aliphatic carbocycles. The van der Waals surface area contributed by atoms with Crippen LogP contribution in [0.4, 0.5) is 5.69 Å². The molecule has 2 aromatic rings. The fourth-order valence-electron chi connectivity index (χ4n) is 4.37. The van der Waals surface area contributed by atoms with Gasteiger partial charge in [-0.3, -0.25) is 4.79 Å². The number of nitrogens with zero attached hydrogens (tertiary/aromatic N) is 1. The Bertz CT molecular complexity index is 794. The monoisotopic (exact) mass is 500 g/mol. The Labute approximate surface area is 214 Å². The molecule has 1 amide bonds. The number of benzene rings is 2. The van der Waals surface area contributed by atoms with Crippen molar-refractivity contribution < 1.29 is 46.7 Å². The molecule has 0 saturated carbocycles. The first-order valence-corrected chi connectivity index (χ1v) is 11.2. The summed E-state index contributed by atoms with van der Waals surface area (Å²) in [5.74, 6) is 0.962. The van der Waals surface area contributed by atoms with Crippen molar-refractivity contribution in [3.8, 4) is 5.75 Å². The summed E-state index contributed by atoms with van der Waals surface area (Å²) >= 11 is 0. The Kier molecular flexibility index (Phi) is 12.0. The Morgan fingerprint density at radius 1 is 1.03 bits per heavy atom. The first kappa shape index (κ1) is 27.8. The van der Waals surface area contributed by atoms with Crippen molar-refractivity contribution in [1.82, 2.24) is 0 Å². The van der Waals surface area contributed by atoms with Crippen molar-refractivity contribution >= 4 is 11.6 Å². The summed E-state index contributed by atoms with van der Waals surface area (Å²) in [6, 6.07) is 14.2. The topological polar surface area (TPSA) is 38.3 Å². The number of rotatable bonds is 5. The van der Waals surface area contributed by atoms with Gasteiger partial charge in [-0.05, 0) is 77.1 Å². The molecule has 1 radical (unpaired) electrons. The van der Waals surface area contributed by atoms with E-state index in [1.165, 1.54) is 24.8 Å². The minimum atomic E-state index is -0.0128. The van der Waals surface area contributed by atoms with E-state index in [1.54, 1.807) is 7.11 Å². The number of carbonyl (C=O) groups is 1. The van der Waals surface area contributed by atoms with Crippen molar-refractivity contribution in [2.24, 2.45) is 0 Å². The van der Waals surface area contributed by atoms with Crippen molar-refractivity contribution in [2.45, 2.75) is 59.9 Å².